The minimum Gasteiger partial charge on any atom is -0.378 e. The van der Waals surface area contributed by atoms with Crippen molar-refractivity contribution in [2.75, 3.05) is 61.6 Å². The standard InChI is InChI=1S/C31H34F5N5O3/c1-18-15-41(16-19(2)39(18)4)28-14-24(32)21(20-5-6-27(25(33)11-20)40-7-9-44-10-8-40)12-26(28)37-30(43)22-17-38(3)29(42)13-23(22)31(34,35)36/h5-6,11-14,17-19H,7-10,15-16H2,1-4H3,(H,37,43)/t18-,19+. The van der Waals surface area contributed by atoms with Gasteiger partial charge in [0.1, 0.15) is 11.6 Å². The summed E-state index contributed by atoms with van der Waals surface area (Å²) < 4.78 is 78.9. The van der Waals surface area contributed by atoms with Gasteiger partial charge in [-0.3, -0.25) is 14.5 Å². The number of hydrogen-bond acceptors (Lipinski definition) is 6. The Kier molecular flexibility index (Phi) is 8.72. The summed E-state index contributed by atoms with van der Waals surface area (Å²) in [5.41, 5.74) is -2.26. The molecule has 0 saturated carbocycles. The molecule has 44 heavy (non-hydrogen) atoms. The van der Waals surface area contributed by atoms with Gasteiger partial charge in [0.2, 0.25) is 0 Å². The van der Waals surface area contributed by atoms with E-state index < -0.39 is 40.4 Å². The molecule has 0 bridgehead atoms. The van der Waals surface area contributed by atoms with Crippen molar-refractivity contribution in [1.29, 1.82) is 0 Å². The van der Waals surface area contributed by atoms with Crippen molar-refractivity contribution < 1.29 is 31.5 Å². The van der Waals surface area contributed by atoms with E-state index in [0.717, 1.165) is 10.8 Å². The van der Waals surface area contributed by atoms with Crippen LogP contribution in [-0.4, -0.2) is 73.9 Å². The van der Waals surface area contributed by atoms with Crippen molar-refractivity contribution in [2.45, 2.75) is 32.1 Å². The van der Waals surface area contributed by atoms with E-state index in [-0.39, 0.29) is 34.6 Å². The van der Waals surface area contributed by atoms with E-state index in [1.807, 2.05) is 30.7 Å². The molecule has 13 heteroatoms. The van der Waals surface area contributed by atoms with Crippen molar-refractivity contribution in [3.63, 3.8) is 0 Å². The van der Waals surface area contributed by atoms with Crippen LogP contribution in [0.1, 0.15) is 29.8 Å². The number of hydrogen-bond donors (Lipinski definition) is 1. The van der Waals surface area contributed by atoms with Gasteiger partial charge in [-0.15, -0.1) is 0 Å². The summed E-state index contributed by atoms with van der Waals surface area (Å²) >= 11 is 0. The van der Waals surface area contributed by atoms with Crippen molar-refractivity contribution in [1.82, 2.24) is 9.47 Å². The lowest BCUT2D eigenvalue weighted by atomic mass is 10.0. The second-order valence-electron chi connectivity index (χ2n) is 11.4. The van der Waals surface area contributed by atoms with Crippen LogP contribution in [0.5, 0.6) is 0 Å². The van der Waals surface area contributed by atoms with Crippen molar-refractivity contribution in [2.24, 2.45) is 7.05 Å². The molecule has 3 heterocycles. The zero-order chi connectivity index (χ0) is 31.9. The number of carbonyl (C=O) groups excluding carboxylic acids is 1. The van der Waals surface area contributed by atoms with Gasteiger partial charge in [0.25, 0.3) is 11.5 Å². The van der Waals surface area contributed by atoms with Crippen LogP contribution in [0.2, 0.25) is 0 Å². The van der Waals surface area contributed by atoms with Crippen LogP contribution in [-0.2, 0) is 18.0 Å². The number of piperazine rings is 1. The Labute approximate surface area is 251 Å². The highest BCUT2D eigenvalue weighted by Gasteiger charge is 2.37. The predicted molar refractivity (Wildman–Crippen MR) is 158 cm³/mol. The van der Waals surface area contributed by atoms with Crippen molar-refractivity contribution >= 4 is 23.0 Å². The Morgan fingerprint density at radius 2 is 1.57 bits per heavy atom. The Morgan fingerprint density at radius 3 is 2.18 bits per heavy atom. The molecule has 2 fully saturated rings. The highest BCUT2D eigenvalue weighted by molar-refractivity contribution is 6.07. The molecule has 5 rings (SSSR count). The summed E-state index contributed by atoms with van der Waals surface area (Å²) in [6.07, 6.45) is -4.15. The number of carbonyl (C=O) groups is 1. The van der Waals surface area contributed by atoms with Gasteiger partial charge in [-0.05, 0) is 50.7 Å². The molecule has 8 nitrogen and oxygen atoms in total. The van der Waals surface area contributed by atoms with Gasteiger partial charge in [0.15, 0.2) is 0 Å². The average molecular weight is 620 g/mol. The first kappa shape index (κ1) is 31.5. The molecule has 2 aliphatic heterocycles. The van der Waals surface area contributed by atoms with Crippen LogP contribution in [0, 0.1) is 11.6 Å². The third-order valence-corrected chi connectivity index (χ3v) is 8.42. The maximum absolute atomic E-state index is 15.8. The molecule has 0 aliphatic carbocycles. The summed E-state index contributed by atoms with van der Waals surface area (Å²) in [4.78, 5) is 31.3. The van der Waals surface area contributed by atoms with Gasteiger partial charge in [0, 0.05) is 63.1 Å². The number of nitrogens with one attached hydrogen (secondary N) is 1. The van der Waals surface area contributed by atoms with E-state index >= 15 is 8.78 Å². The van der Waals surface area contributed by atoms with Gasteiger partial charge < -0.3 is 24.4 Å². The van der Waals surface area contributed by atoms with Gasteiger partial charge in [-0.1, -0.05) is 6.07 Å². The number of benzene rings is 2. The molecule has 2 aliphatic rings. The van der Waals surface area contributed by atoms with E-state index in [1.54, 1.807) is 12.1 Å². The van der Waals surface area contributed by atoms with Gasteiger partial charge >= 0.3 is 6.18 Å². The number of likely N-dealkylation sites (N-methyl/N-ethyl adjacent to an activating group) is 1. The molecule has 236 valence electrons. The number of rotatable bonds is 5. The maximum atomic E-state index is 15.8. The van der Waals surface area contributed by atoms with Crippen LogP contribution in [0.3, 0.4) is 0 Å². The zero-order valence-corrected chi connectivity index (χ0v) is 24.8. The number of nitrogens with zero attached hydrogens (tertiary/aromatic N) is 4. The lowest BCUT2D eigenvalue weighted by Gasteiger charge is -2.44. The second kappa shape index (κ2) is 12.2. The minimum atomic E-state index is -4.97. The van der Waals surface area contributed by atoms with Crippen LogP contribution in [0.25, 0.3) is 11.1 Å². The van der Waals surface area contributed by atoms with Crippen LogP contribution >= 0.6 is 0 Å². The molecule has 3 aromatic rings. The fraction of sp³-hybridized carbons (Fsp3) is 0.419. The number of amides is 1. The number of aryl methyl sites for hydroxylation is 1. The van der Waals surface area contributed by atoms with Crippen LogP contribution < -0.4 is 20.7 Å². The lowest BCUT2D eigenvalue weighted by molar-refractivity contribution is -0.138. The molecule has 2 aromatic carbocycles. The highest BCUT2D eigenvalue weighted by Crippen LogP contribution is 2.38. The Balaban J connectivity index is 1.59. The normalized spacial score (nSPS) is 19.8. The number of aromatic nitrogens is 1. The predicted octanol–water partition coefficient (Wildman–Crippen LogP) is 4.97. The van der Waals surface area contributed by atoms with Gasteiger partial charge in [0.05, 0.1) is 41.4 Å². The molecule has 2 atom stereocenters. The van der Waals surface area contributed by atoms with Crippen molar-refractivity contribution in [3.05, 3.63) is 75.7 Å². The molecule has 1 N–H and O–H groups in total. The number of halogens is 5. The van der Waals surface area contributed by atoms with Crippen LogP contribution in [0.4, 0.5) is 39.0 Å². The monoisotopic (exact) mass is 619 g/mol. The number of anilines is 3. The molecule has 1 amide bonds. The van der Waals surface area contributed by atoms with E-state index in [2.05, 4.69) is 10.2 Å². The lowest BCUT2D eigenvalue weighted by Crippen LogP contribution is -2.55. The smallest absolute Gasteiger partial charge is 0.378 e. The van der Waals surface area contributed by atoms with E-state index in [0.29, 0.717) is 51.1 Å². The van der Waals surface area contributed by atoms with E-state index in [9.17, 15) is 22.8 Å². The summed E-state index contributed by atoms with van der Waals surface area (Å²) in [7, 11) is 3.20. The first-order valence-corrected chi connectivity index (χ1v) is 14.3. The Hall–Kier alpha value is -3.97. The third-order valence-electron chi connectivity index (χ3n) is 8.42. The molecule has 0 unspecified atom stereocenters. The van der Waals surface area contributed by atoms with Gasteiger partial charge in [-0.2, -0.15) is 13.2 Å². The minimum absolute atomic E-state index is 0.0387. The number of pyridine rings is 1. The number of ether oxygens (including phenoxy) is 1. The highest BCUT2D eigenvalue weighted by atomic mass is 19.4. The average Bonchev–Trinajstić information content (AvgIpc) is 2.97. The molecular formula is C31H34F5N5O3. The topological polar surface area (TPSA) is 70.0 Å². The van der Waals surface area contributed by atoms with Crippen molar-refractivity contribution in [3.8, 4) is 11.1 Å². The summed E-state index contributed by atoms with van der Waals surface area (Å²) in [5, 5.41) is 2.55. The van der Waals surface area contributed by atoms with Crippen LogP contribution in [0.15, 0.2) is 47.4 Å². The largest absolute Gasteiger partial charge is 0.417 e. The molecule has 0 spiro atoms. The fourth-order valence-corrected chi connectivity index (χ4v) is 5.72. The maximum Gasteiger partial charge on any atom is 0.417 e. The summed E-state index contributed by atoms with van der Waals surface area (Å²) in [6.45, 7) is 6.81. The summed E-state index contributed by atoms with van der Waals surface area (Å²) in [5.74, 6) is -2.38. The summed E-state index contributed by atoms with van der Waals surface area (Å²) in [6, 6.07) is 7.30. The van der Waals surface area contributed by atoms with E-state index in [1.165, 1.54) is 25.2 Å². The number of morpholine rings is 1. The molecule has 1 aromatic heterocycles. The zero-order valence-electron chi connectivity index (χ0n) is 24.8. The first-order valence-electron chi connectivity index (χ1n) is 14.3. The SMILES string of the molecule is C[C@@H]1CN(c2cc(F)c(-c3ccc(N4CCOCC4)c(F)c3)cc2NC(=O)c2cn(C)c(=O)cc2C(F)(F)F)C[C@H](C)N1C. The van der Waals surface area contributed by atoms with E-state index in [4.69, 9.17) is 4.74 Å². The fourth-order valence-electron chi connectivity index (χ4n) is 5.72. The first-order chi connectivity index (χ1) is 20.7. The quantitative estimate of drug-likeness (QED) is 0.407. The Morgan fingerprint density at radius 1 is 0.909 bits per heavy atom. The van der Waals surface area contributed by atoms with Gasteiger partial charge in [-0.25, -0.2) is 8.78 Å². The molecular weight excluding hydrogens is 585 g/mol. The second-order valence-corrected chi connectivity index (χ2v) is 11.4. The third kappa shape index (κ3) is 6.29. The molecule has 2 saturated heterocycles. The number of alkyl halides is 3. The molecule has 0 radical (unpaired) electrons. The Bertz CT molecular complexity index is 1610.